The van der Waals surface area contributed by atoms with E-state index in [2.05, 4.69) is 24.1 Å². The van der Waals surface area contributed by atoms with Crippen molar-refractivity contribution < 1.29 is 9.90 Å². The lowest BCUT2D eigenvalue weighted by Gasteiger charge is -2.21. The van der Waals surface area contributed by atoms with E-state index in [0.29, 0.717) is 19.0 Å². The highest BCUT2D eigenvalue weighted by atomic mass is 16.3. The van der Waals surface area contributed by atoms with Gasteiger partial charge >= 0.3 is 0 Å². The highest BCUT2D eigenvalue weighted by molar-refractivity contribution is 5.77. The molecule has 14 heavy (non-hydrogen) atoms. The fourth-order valence-corrected chi connectivity index (χ4v) is 1.28. The van der Waals surface area contributed by atoms with E-state index in [1.54, 1.807) is 0 Å². The zero-order valence-electron chi connectivity index (χ0n) is 9.42. The van der Waals surface area contributed by atoms with Crippen LogP contribution in [0.1, 0.15) is 20.8 Å². The molecule has 0 heterocycles. The van der Waals surface area contributed by atoms with Gasteiger partial charge in [0.2, 0.25) is 5.91 Å². The Labute approximate surface area is 86.3 Å². The van der Waals surface area contributed by atoms with Crippen LogP contribution in [0.25, 0.3) is 0 Å². The minimum absolute atomic E-state index is 0.00203. The first-order valence-corrected chi connectivity index (χ1v) is 5.20. The molecule has 0 aliphatic rings. The summed E-state index contributed by atoms with van der Waals surface area (Å²) < 4.78 is 0. The second-order valence-corrected chi connectivity index (χ2v) is 3.80. The third-order valence-corrected chi connectivity index (χ3v) is 1.87. The Morgan fingerprint density at radius 1 is 1.50 bits per heavy atom. The number of likely N-dealkylation sites (N-methyl/N-ethyl adjacent to an activating group) is 1. The van der Waals surface area contributed by atoms with Crippen LogP contribution >= 0.6 is 0 Å². The van der Waals surface area contributed by atoms with Gasteiger partial charge in [-0.25, -0.2) is 0 Å². The molecule has 84 valence electrons. The van der Waals surface area contributed by atoms with Crippen LogP contribution < -0.4 is 5.32 Å². The summed E-state index contributed by atoms with van der Waals surface area (Å²) in [6.45, 7) is 8.90. The van der Waals surface area contributed by atoms with Gasteiger partial charge in [-0.2, -0.15) is 0 Å². The van der Waals surface area contributed by atoms with E-state index >= 15 is 0 Å². The smallest absolute Gasteiger partial charge is 0.234 e. The molecule has 0 aliphatic heterocycles. The van der Waals surface area contributed by atoms with Gasteiger partial charge in [0.1, 0.15) is 0 Å². The molecule has 0 aromatic rings. The van der Waals surface area contributed by atoms with Crippen molar-refractivity contribution in [2.24, 2.45) is 5.92 Å². The summed E-state index contributed by atoms with van der Waals surface area (Å²) in [5, 5.41) is 11.2. The Morgan fingerprint density at radius 2 is 2.14 bits per heavy atom. The van der Waals surface area contributed by atoms with Crippen molar-refractivity contribution in [3.8, 4) is 0 Å². The van der Waals surface area contributed by atoms with Gasteiger partial charge in [-0.05, 0) is 12.5 Å². The summed E-state index contributed by atoms with van der Waals surface area (Å²) in [5.41, 5.74) is 0. The van der Waals surface area contributed by atoms with Gasteiger partial charge in [0.15, 0.2) is 0 Å². The molecule has 0 radical (unpaired) electrons. The van der Waals surface area contributed by atoms with Gasteiger partial charge in [0, 0.05) is 13.1 Å². The number of carbonyl (C=O) groups is 1. The predicted octanol–water partition coefficient (Wildman–Crippen LogP) is 0.0728. The second kappa shape index (κ2) is 7.76. The van der Waals surface area contributed by atoms with Gasteiger partial charge in [0.05, 0.1) is 13.2 Å². The van der Waals surface area contributed by atoms with Crippen LogP contribution in [0.2, 0.25) is 0 Å². The molecule has 0 aliphatic carbocycles. The predicted molar refractivity (Wildman–Crippen MR) is 57.0 cm³/mol. The monoisotopic (exact) mass is 202 g/mol. The van der Waals surface area contributed by atoms with Crippen LogP contribution in [0.3, 0.4) is 0 Å². The number of nitrogens with one attached hydrogen (secondary N) is 1. The number of nitrogens with zero attached hydrogens (tertiary/aromatic N) is 1. The Hall–Kier alpha value is -0.610. The number of aliphatic hydroxyl groups is 1. The average Bonchev–Trinajstić information content (AvgIpc) is 2.12. The average molecular weight is 202 g/mol. The summed E-state index contributed by atoms with van der Waals surface area (Å²) in [5.74, 6) is 0.558. The summed E-state index contributed by atoms with van der Waals surface area (Å²) >= 11 is 0. The zero-order chi connectivity index (χ0) is 11.0. The van der Waals surface area contributed by atoms with Gasteiger partial charge in [-0.15, -0.1) is 0 Å². The van der Waals surface area contributed by atoms with Crippen LogP contribution in [-0.2, 0) is 4.79 Å². The SMILES string of the molecule is CCN(CC(=O)NCCO)CC(C)C. The Kier molecular flexibility index (Phi) is 7.42. The van der Waals surface area contributed by atoms with Crippen molar-refractivity contribution in [1.29, 1.82) is 0 Å². The summed E-state index contributed by atoms with van der Waals surface area (Å²) in [6, 6.07) is 0. The van der Waals surface area contributed by atoms with Crippen molar-refractivity contribution in [2.75, 3.05) is 32.8 Å². The minimum atomic E-state index is -0.0125. The zero-order valence-corrected chi connectivity index (χ0v) is 9.42. The first kappa shape index (κ1) is 13.4. The molecule has 0 unspecified atom stereocenters. The molecule has 0 bridgehead atoms. The van der Waals surface area contributed by atoms with Crippen molar-refractivity contribution in [2.45, 2.75) is 20.8 Å². The molecule has 0 atom stereocenters. The van der Waals surface area contributed by atoms with Crippen molar-refractivity contribution >= 4 is 5.91 Å². The molecule has 0 saturated carbocycles. The van der Waals surface area contributed by atoms with E-state index in [9.17, 15) is 4.79 Å². The van der Waals surface area contributed by atoms with Crippen LogP contribution in [0, 0.1) is 5.92 Å². The molecular formula is C10H22N2O2. The quantitative estimate of drug-likeness (QED) is 0.614. The van der Waals surface area contributed by atoms with Crippen LogP contribution in [0.5, 0.6) is 0 Å². The maximum Gasteiger partial charge on any atom is 0.234 e. The highest BCUT2D eigenvalue weighted by Crippen LogP contribution is 1.97. The molecule has 0 saturated heterocycles. The number of aliphatic hydroxyl groups excluding tert-OH is 1. The van der Waals surface area contributed by atoms with Crippen LogP contribution in [-0.4, -0.2) is 48.7 Å². The lowest BCUT2D eigenvalue weighted by Crippen LogP contribution is -2.39. The van der Waals surface area contributed by atoms with Crippen molar-refractivity contribution in [3.63, 3.8) is 0 Å². The third-order valence-electron chi connectivity index (χ3n) is 1.87. The Bertz CT molecular complexity index is 160. The highest BCUT2D eigenvalue weighted by Gasteiger charge is 2.09. The van der Waals surface area contributed by atoms with E-state index in [1.165, 1.54) is 0 Å². The number of hydrogen-bond donors (Lipinski definition) is 2. The van der Waals surface area contributed by atoms with Gasteiger partial charge < -0.3 is 10.4 Å². The Morgan fingerprint density at radius 3 is 2.57 bits per heavy atom. The summed E-state index contributed by atoms with van der Waals surface area (Å²) in [7, 11) is 0. The van der Waals surface area contributed by atoms with Gasteiger partial charge in [-0.1, -0.05) is 20.8 Å². The molecule has 1 amide bonds. The van der Waals surface area contributed by atoms with E-state index in [0.717, 1.165) is 13.1 Å². The number of carbonyl (C=O) groups excluding carboxylic acids is 1. The van der Waals surface area contributed by atoms with E-state index in [1.807, 2.05) is 6.92 Å². The van der Waals surface area contributed by atoms with Crippen LogP contribution in [0.15, 0.2) is 0 Å². The molecule has 0 rings (SSSR count). The maximum atomic E-state index is 11.3. The van der Waals surface area contributed by atoms with Crippen molar-refractivity contribution in [3.05, 3.63) is 0 Å². The first-order valence-electron chi connectivity index (χ1n) is 5.20. The molecule has 0 aromatic carbocycles. The molecule has 4 heteroatoms. The molecule has 4 nitrogen and oxygen atoms in total. The van der Waals surface area contributed by atoms with Crippen LogP contribution in [0.4, 0.5) is 0 Å². The minimum Gasteiger partial charge on any atom is -0.395 e. The van der Waals surface area contributed by atoms with Gasteiger partial charge in [0.25, 0.3) is 0 Å². The van der Waals surface area contributed by atoms with Crippen molar-refractivity contribution in [1.82, 2.24) is 10.2 Å². The van der Waals surface area contributed by atoms with E-state index in [4.69, 9.17) is 5.11 Å². The third kappa shape index (κ3) is 6.86. The molecule has 2 N–H and O–H groups in total. The van der Waals surface area contributed by atoms with Gasteiger partial charge in [-0.3, -0.25) is 9.69 Å². The molecule has 0 spiro atoms. The normalized spacial score (nSPS) is 11.0. The number of rotatable bonds is 7. The fraction of sp³-hybridized carbons (Fsp3) is 0.900. The van der Waals surface area contributed by atoms with E-state index < -0.39 is 0 Å². The second-order valence-electron chi connectivity index (χ2n) is 3.80. The largest absolute Gasteiger partial charge is 0.395 e. The Balaban J connectivity index is 3.74. The fourth-order valence-electron chi connectivity index (χ4n) is 1.28. The lowest BCUT2D eigenvalue weighted by atomic mass is 10.2. The molecular weight excluding hydrogens is 180 g/mol. The number of hydrogen-bond acceptors (Lipinski definition) is 3. The first-order chi connectivity index (χ1) is 6.60. The molecule has 0 aromatic heterocycles. The maximum absolute atomic E-state index is 11.3. The van der Waals surface area contributed by atoms with E-state index in [-0.39, 0.29) is 12.5 Å². The standard InChI is InChI=1S/C10H22N2O2/c1-4-12(7-9(2)3)8-10(14)11-5-6-13/h9,13H,4-8H2,1-3H3,(H,11,14). The summed E-state index contributed by atoms with van der Waals surface area (Å²) in [6.07, 6.45) is 0. The summed E-state index contributed by atoms with van der Waals surface area (Å²) in [4.78, 5) is 13.4. The molecule has 0 fully saturated rings. The lowest BCUT2D eigenvalue weighted by molar-refractivity contribution is -0.122. The topological polar surface area (TPSA) is 52.6 Å². The number of amides is 1.